The molecule has 2 aromatic rings. The first-order valence-electron chi connectivity index (χ1n) is 6.53. The molecule has 0 unspecified atom stereocenters. The van der Waals surface area contributed by atoms with Gasteiger partial charge in [0, 0.05) is 5.92 Å². The topological polar surface area (TPSA) is 92.4 Å². The van der Waals surface area contributed by atoms with Crippen LogP contribution in [0, 0.1) is 0 Å². The molecule has 0 bridgehead atoms. The fraction of sp³-hybridized carbons (Fsp3) is 0.267. The van der Waals surface area contributed by atoms with Crippen LogP contribution in [0.5, 0.6) is 5.75 Å². The van der Waals surface area contributed by atoms with Gasteiger partial charge in [-0.3, -0.25) is 4.79 Å². The third-order valence-electron chi connectivity index (χ3n) is 3.09. The van der Waals surface area contributed by atoms with Crippen LogP contribution in [0.15, 0.2) is 35.1 Å². The van der Waals surface area contributed by atoms with Gasteiger partial charge in [0.2, 0.25) is 0 Å². The molecule has 0 fully saturated rings. The minimum atomic E-state index is -1.45. The van der Waals surface area contributed by atoms with Crippen molar-refractivity contribution in [1.29, 1.82) is 0 Å². The van der Waals surface area contributed by atoms with Crippen molar-refractivity contribution in [1.82, 2.24) is 9.78 Å². The van der Waals surface area contributed by atoms with E-state index in [0.717, 1.165) is 10.2 Å². The molecule has 6 nitrogen and oxygen atoms in total. The van der Waals surface area contributed by atoms with E-state index in [4.69, 9.17) is 5.11 Å². The van der Waals surface area contributed by atoms with Crippen LogP contribution in [0.1, 0.15) is 41.4 Å². The van der Waals surface area contributed by atoms with E-state index in [1.54, 1.807) is 13.8 Å². The van der Waals surface area contributed by atoms with Gasteiger partial charge < -0.3 is 10.2 Å². The molecule has 6 heteroatoms. The lowest BCUT2D eigenvalue weighted by atomic mass is 10.1. The number of aromatic nitrogens is 2. The summed E-state index contributed by atoms with van der Waals surface area (Å²) in [5.74, 6) is -2.21. The summed E-state index contributed by atoms with van der Waals surface area (Å²) in [6.45, 7) is 3.69. The summed E-state index contributed by atoms with van der Waals surface area (Å²) < 4.78 is 1.08. The fourth-order valence-corrected chi connectivity index (χ4v) is 2.03. The molecular formula is C15H16N2O4. The highest BCUT2D eigenvalue weighted by Crippen LogP contribution is 2.24. The summed E-state index contributed by atoms with van der Waals surface area (Å²) in [7, 11) is 0. The van der Waals surface area contributed by atoms with Gasteiger partial charge in [0.25, 0.3) is 5.56 Å². The summed E-state index contributed by atoms with van der Waals surface area (Å²) in [6.07, 6.45) is 0. The minimum absolute atomic E-state index is 0.153. The zero-order valence-corrected chi connectivity index (χ0v) is 11.8. The molecule has 1 aromatic heterocycles. The number of aromatic carboxylic acids is 1. The molecule has 0 amide bonds. The Morgan fingerprint density at radius 2 is 1.90 bits per heavy atom. The van der Waals surface area contributed by atoms with E-state index in [0.29, 0.717) is 0 Å². The Morgan fingerprint density at radius 1 is 1.29 bits per heavy atom. The lowest BCUT2D eigenvalue weighted by Crippen LogP contribution is -2.30. The summed E-state index contributed by atoms with van der Waals surface area (Å²) in [5, 5.41) is 23.2. The molecule has 110 valence electrons. The highest BCUT2D eigenvalue weighted by atomic mass is 16.4. The summed E-state index contributed by atoms with van der Waals surface area (Å²) in [6, 6.07) is 9.12. The Labute approximate surface area is 121 Å². The lowest BCUT2D eigenvalue weighted by molar-refractivity contribution is 0.0690. The number of hydrogen-bond donors (Lipinski definition) is 2. The Bertz CT molecular complexity index is 720. The average Bonchev–Trinajstić information content (AvgIpc) is 2.42. The van der Waals surface area contributed by atoms with E-state index in [9.17, 15) is 14.7 Å². The smallest absolute Gasteiger partial charge is 0.345 e. The Morgan fingerprint density at radius 3 is 2.43 bits per heavy atom. The van der Waals surface area contributed by atoms with Gasteiger partial charge in [-0.05, 0) is 5.56 Å². The molecule has 1 heterocycles. The number of benzene rings is 1. The quantitative estimate of drug-likeness (QED) is 0.895. The molecule has 0 saturated heterocycles. The molecular weight excluding hydrogens is 272 g/mol. The molecule has 0 aliphatic carbocycles. The Kier molecular flexibility index (Phi) is 4.07. The maximum atomic E-state index is 12.2. The average molecular weight is 288 g/mol. The number of rotatable bonds is 4. The van der Waals surface area contributed by atoms with E-state index in [-0.39, 0.29) is 18.2 Å². The number of aromatic hydroxyl groups is 1. The number of carboxylic acid groups (broad SMARTS) is 1. The van der Waals surface area contributed by atoms with Crippen LogP contribution in [0.4, 0.5) is 0 Å². The van der Waals surface area contributed by atoms with Crippen molar-refractivity contribution in [2.24, 2.45) is 0 Å². The van der Waals surface area contributed by atoms with E-state index >= 15 is 0 Å². The molecule has 2 N–H and O–H groups in total. The van der Waals surface area contributed by atoms with Crippen LogP contribution >= 0.6 is 0 Å². The Hall–Kier alpha value is -2.63. The van der Waals surface area contributed by atoms with Crippen LogP contribution in [-0.2, 0) is 6.54 Å². The standard InChI is InChI=1S/C15H16N2O4/c1-9(2)12-13(18)11(15(20)21)14(19)17(16-12)8-10-6-4-3-5-7-10/h3-7,9,18H,8H2,1-2H3,(H,20,21). The second kappa shape index (κ2) is 5.78. The number of hydrogen-bond acceptors (Lipinski definition) is 4. The van der Waals surface area contributed by atoms with Crippen molar-refractivity contribution in [3.05, 3.63) is 57.5 Å². The first-order valence-corrected chi connectivity index (χ1v) is 6.53. The number of nitrogens with zero attached hydrogens (tertiary/aromatic N) is 2. The van der Waals surface area contributed by atoms with Crippen LogP contribution in [0.2, 0.25) is 0 Å². The summed E-state index contributed by atoms with van der Waals surface area (Å²) >= 11 is 0. The van der Waals surface area contributed by atoms with E-state index in [1.807, 2.05) is 30.3 Å². The maximum absolute atomic E-state index is 12.2. The zero-order valence-electron chi connectivity index (χ0n) is 11.8. The van der Waals surface area contributed by atoms with Crippen molar-refractivity contribution in [3.8, 4) is 5.75 Å². The molecule has 0 saturated carbocycles. The van der Waals surface area contributed by atoms with Crippen LogP contribution < -0.4 is 5.56 Å². The second-order valence-corrected chi connectivity index (χ2v) is 5.02. The first-order chi connectivity index (χ1) is 9.91. The van der Waals surface area contributed by atoms with E-state index in [2.05, 4.69) is 5.10 Å². The fourth-order valence-electron chi connectivity index (χ4n) is 2.03. The number of carbonyl (C=O) groups is 1. The molecule has 1 aromatic carbocycles. The van der Waals surface area contributed by atoms with Crippen molar-refractivity contribution >= 4 is 5.97 Å². The second-order valence-electron chi connectivity index (χ2n) is 5.02. The van der Waals surface area contributed by atoms with Crippen LogP contribution in [-0.4, -0.2) is 26.0 Å². The minimum Gasteiger partial charge on any atom is -0.505 e. The summed E-state index contributed by atoms with van der Waals surface area (Å²) in [4.78, 5) is 23.4. The molecule has 0 aliphatic rings. The van der Waals surface area contributed by atoms with Crippen molar-refractivity contribution in [2.75, 3.05) is 0 Å². The monoisotopic (exact) mass is 288 g/mol. The zero-order chi connectivity index (χ0) is 15.6. The van der Waals surface area contributed by atoms with Gasteiger partial charge in [-0.2, -0.15) is 5.10 Å². The van der Waals surface area contributed by atoms with Gasteiger partial charge in [0.15, 0.2) is 11.3 Å². The van der Waals surface area contributed by atoms with Gasteiger partial charge in [-0.15, -0.1) is 0 Å². The van der Waals surface area contributed by atoms with Crippen LogP contribution in [0.25, 0.3) is 0 Å². The van der Waals surface area contributed by atoms with E-state index < -0.39 is 22.8 Å². The van der Waals surface area contributed by atoms with Gasteiger partial charge in [-0.25, -0.2) is 9.48 Å². The van der Waals surface area contributed by atoms with Crippen molar-refractivity contribution < 1.29 is 15.0 Å². The van der Waals surface area contributed by atoms with Crippen molar-refractivity contribution in [3.63, 3.8) is 0 Å². The maximum Gasteiger partial charge on any atom is 0.345 e. The predicted molar refractivity (Wildman–Crippen MR) is 76.8 cm³/mol. The van der Waals surface area contributed by atoms with Gasteiger partial charge in [0.05, 0.1) is 6.54 Å². The Balaban J connectivity index is 2.61. The SMILES string of the molecule is CC(C)c1nn(Cc2ccccc2)c(=O)c(C(=O)O)c1O. The highest BCUT2D eigenvalue weighted by Gasteiger charge is 2.23. The normalized spacial score (nSPS) is 10.8. The van der Waals surface area contributed by atoms with Crippen molar-refractivity contribution in [2.45, 2.75) is 26.3 Å². The largest absolute Gasteiger partial charge is 0.505 e. The summed E-state index contributed by atoms with van der Waals surface area (Å²) in [5.41, 5.74) is -0.426. The van der Waals surface area contributed by atoms with Gasteiger partial charge >= 0.3 is 5.97 Å². The molecule has 0 atom stereocenters. The molecule has 0 radical (unpaired) electrons. The van der Waals surface area contributed by atoms with E-state index in [1.165, 1.54) is 0 Å². The third-order valence-corrected chi connectivity index (χ3v) is 3.09. The molecule has 0 spiro atoms. The van der Waals surface area contributed by atoms with Crippen LogP contribution in [0.3, 0.4) is 0 Å². The van der Waals surface area contributed by atoms with Gasteiger partial charge in [-0.1, -0.05) is 44.2 Å². The lowest BCUT2D eigenvalue weighted by Gasteiger charge is -2.13. The number of carboxylic acids is 1. The molecule has 2 rings (SSSR count). The first kappa shape index (κ1) is 14.8. The van der Waals surface area contributed by atoms with Gasteiger partial charge in [0.1, 0.15) is 5.69 Å². The predicted octanol–water partition coefficient (Wildman–Crippen LogP) is 1.82. The molecule has 21 heavy (non-hydrogen) atoms. The highest BCUT2D eigenvalue weighted by molar-refractivity contribution is 5.90. The third kappa shape index (κ3) is 2.94. The molecule has 0 aliphatic heterocycles.